The minimum atomic E-state index is -1.20. The number of nitrogens with one attached hydrogen (secondary N) is 1. The lowest BCUT2D eigenvalue weighted by atomic mass is 10.2. The van der Waals surface area contributed by atoms with Crippen LogP contribution in [0.15, 0.2) is 12.3 Å². The average Bonchev–Trinajstić information content (AvgIpc) is 2.99. The standard InChI is InChI=1S/C10H9ClN2O3/c11-7-3-6(13-10(15)16)4-12-8(7)9(14)5-1-2-5/h3-5,13H,1-2H2,(H,15,16). The van der Waals surface area contributed by atoms with Crippen molar-refractivity contribution in [3.63, 3.8) is 0 Å². The molecule has 0 aromatic carbocycles. The average molecular weight is 241 g/mol. The Morgan fingerprint density at radius 2 is 2.19 bits per heavy atom. The van der Waals surface area contributed by atoms with Crippen LogP contribution in [0.25, 0.3) is 0 Å². The molecular formula is C10H9ClN2O3. The van der Waals surface area contributed by atoms with E-state index in [4.69, 9.17) is 16.7 Å². The van der Waals surface area contributed by atoms with Crippen LogP contribution < -0.4 is 5.32 Å². The van der Waals surface area contributed by atoms with Gasteiger partial charge in [-0.3, -0.25) is 10.1 Å². The molecule has 16 heavy (non-hydrogen) atoms. The highest BCUT2D eigenvalue weighted by atomic mass is 35.5. The van der Waals surface area contributed by atoms with E-state index in [9.17, 15) is 9.59 Å². The highest BCUT2D eigenvalue weighted by Crippen LogP contribution is 2.34. The summed E-state index contributed by atoms with van der Waals surface area (Å²) in [5, 5.41) is 10.8. The summed E-state index contributed by atoms with van der Waals surface area (Å²) < 4.78 is 0. The fourth-order valence-corrected chi connectivity index (χ4v) is 1.61. The van der Waals surface area contributed by atoms with Gasteiger partial charge in [-0.2, -0.15) is 0 Å². The number of anilines is 1. The van der Waals surface area contributed by atoms with Gasteiger partial charge in [0.15, 0.2) is 5.78 Å². The molecule has 2 N–H and O–H groups in total. The normalized spacial score (nSPS) is 14.6. The lowest BCUT2D eigenvalue weighted by molar-refractivity contribution is 0.0963. The van der Waals surface area contributed by atoms with Gasteiger partial charge in [-0.25, -0.2) is 9.78 Å². The summed E-state index contributed by atoms with van der Waals surface area (Å²) in [5.74, 6) is -0.0184. The summed E-state index contributed by atoms with van der Waals surface area (Å²) in [6.45, 7) is 0. The molecule has 0 saturated heterocycles. The van der Waals surface area contributed by atoms with Crippen LogP contribution in [-0.2, 0) is 0 Å². The van der Waals surface area contributed by atoms with Crippen LogP contribution in [0.3, 0.4) is 0 Å². The number of nitrogens with zero attached hydrogens (tertiary/aromatic N) is 1. The van der Waals surface area contributed by atoms with Gasteiger partial charge in [0.25, 0.3) is 0 Å². The van der Waals surface area contributed by atoms with Gasteiger partial charge < -0.3 is 5.11 Å². The molecule has 1 aliphatic carbocycles. The van der Waals surface area contributed by atoms with Crippen molar-refractivity contribution in [2.45, 2.75) is 12.8 Å². The number of carboxylic acid groups (broad SMARTS) is 1. The van der Waals surface area contributed by atoms with Gasteiger partial charge in [0.05, 0.1) is 16.9 Å². The first kappa shape index (κ1) is 10.9. The van der Waals surface area contributed by atoms with Crippen LogP contribution in [0.1, 0.15) is 23.3 Å². The molecule has 1 aromatic rings. The van der Waals surface area contributed by atoms with Gasteiger partial charge >= 0.3 is 6.09 Å². The smallest absolute Gasteiger partial charge is 0.409 e. The Morgan fingerprint density at radius 1 is 1.50 bits per heavy atom. The molecule has 0 spiro atoms. The minimum absolute atomic E-state index is 0.0447. The van der Waals surface area contributed by atoms with Crippen molar-refractivity contribution in [1.29, 1.82) is 0 Å². The second kappa shape index (κ2) is 4.09. The van der Waals surface area contributed by atoms with Crippen molar-refractivity contribution in [3.8, 4) is 0 Å². The number of aromatic nitrogens is 1. The first-order valence-electron chi connectivity index (χ1n) is 4.77. The highest BCUT2D eigenvalue weighted by molar-refractivity contribution is 6.34. The zero-order valence-corrected chi connectivity index (χ0v) is 8.99. The lowest BCUT2D eigenvalue weighted by Gasteiger charge is -2.04. The van der Waals surface area contributed by atoms with E-state index in [-0.39, 0.29) is 28.1 Å². The van der Waals surface area contributed by atoms with Gasteiger partial charge in [-0.05, 0) is 18.9 Å². The molecule has 1 aliphatic rings. The highest BCUT2D eigenvalue weighted by Gasteiger charge is 2.32. The quantitative estimate of drug-likeness (QED) is 0.796. The largest absolute Gasteiger partial charge is 0.465 e. The van der Waals surface area contributed by atoms with Crippen LogP contribution in [0.4, 0.5) is 10.5 Å². The molecule has 1 heterocycles. The summed E-state index contributed by atoms with van der Waals surface area (Å²) in [7, 11) is 0. The van der Waals surface area contributed by atoms with Crippen LogP contribution in [-0.4, -0.2) is 22.0 Å². The van der Waals surface area contributed by atoms with E-state index in [1.807, 2.05) is 0 Å². The maximum absolute atomic E-state index is 11.7. The van der Waals surface area contributed by atoms with Gasteiger partial charge in [0.1, 0.15) is 5.69 Å². The van der Waals surface area contributed by atoms with Gasteiger partial charge in [-0.1, -0.05) is 11.6 Å². The fourth-order valence-electron chi connectivity index (χ4n) is 1.35. The first-order valence-corrected chi connectivity index (χ1v) is 5.15. The zero-order valence-electron chi connectivity index (χ0n) is 8.24. The molecule has 84 valence electrons. The van der Waals surface area contributed by atoms with Crippen LogP contribution in [0.5, 0.6) is 0 Å². The van der Waals surface area contributed by atoms with E-state index in [0.29, 0.717) is 0 Å². The number of pyridine rings is 1. The molecule has 1 fully saturated rings. The minimum Gasteiger partial charge on any atom is -0.465 e. The third kappa shape index (κ3) is 2.30. The predicted octanol–water partition coefficient (Wildman–Crippen LogP) is 2.42. The third-order valence-corrected chi connectivity index (χ3v) is 2.56. The number of amides is 1. The molecule has 1 aromatic heterocycles. The number of carbonyl (C=O) groups is 2. The van der Waals surface area contributed by atoms with Crippen molar-refractivity contribution in [2.75, 3.05) is 5.32 Å². The number of halogens is 1. The number of hydrogen-bond donors (Lipinski definition) is 2. The molecule has 0 aliphatic heterocycles. The number of ketones is 1. The molecule has 5 nitrogen and oxygen atoms in total. The summed E-state index contributed by atoms with van der Waals surface area (Å²) in [5.41, 5.74) is 0.477. The van der Waals surface area contributed by atoms with Crippen LogP contribution in [0, 0.1) is 5.92 Å². The maximum Gasteiger partial charge on any atom is 0.409 e. The van der Waals surface area contributed by atoms with Crippen LogP contribution in [0.2, 0.25) is 5.02 Å². The van der Waals surface area contributed by atoms with E-state index in [1.54, 1.807) is 0 Å². The summed E-state index contributed by atoms with van der Waals surface area (Å²) in [6.07, 6.45) is 1.85. The second-order valence-corrected chi connectivity index (χ2v) is 4.03. The SMILES string of the molecule is O=C(O)Nc1cnc(C(=O)C2CC2)c(Cl)c1. The second-order valence-electron chi connectivity index (χ2n) is 3.62. The molecule has 1 saturated carbocycles. The Bertz CT molecular complexity index is 457. The third-order valence-electron chi connectivity index (χ3n) is 2.27. The van der Waals surface area contributed by atoms with E-state index in [0.717, 1.165) is 12.8 Å². The summed E-state index contributed by atoms with van der Waals surface area (Å²) in [4.78, 5) is 25.9. The van der Waals surface area contributed by atoms with Crippen molar-refractivity contribution in [1.82, 2.24) is 4.98 Å². The predicted molar refractivity (Wildman–Crippen MR) is 57.9 cm³/mol. The number of Topliss-reactive ketones (excluding diaryl/α,β-unsaturated/α-hetero) is 1. The van der Waals surface area contributed by atoms with Crippen molar-refractivity contribution in [2.24, 2.45) is 5.92 Å². The Hall–Kier alpha value is -1.62. The van der Waals surface area contributed by atoms with Gasteiger partial charge in [0, 0.05) is 5.92 Å². The number of rotatable bonds is 3. The molecule has 1 amide bonds. The van der Waals surface area contributed by atoms with E-state index in [2.05, 4.69) is 10.3 Å². The molecule has 2 rings (SSSR count). The van der Waals surface area contributed by atoms with Crippen molar-refractivity contribution in [3.05, 3.63) is 23.0 Å². The molecule has 0 bridgehead atoms. The van der Waals surface area contributed by atoms with E-state index in [1.165, 1.54) is 12.3 Å². The maximum atomic E-state index is 11.7. The lowest BCUT2D eigenvalue weighted by Crippen LogP contribution is -2.10. The summed E-state index contributed by atoms with van der Waals surface area (Å²) in [6, 6.07) is 1.39. The zero-order chi connectivity index (χ0) is 11.7. The number of hydrogen-bond acceptors (Lipinski definition) is 3. The Morgan fingerprint density at radius 3 is 2.69 bits per heavy atom. The van der Waals surface area contributed by atoms with Crippen molar-refractivity contribution < 1.29 is 14.7 Å². The molecule has 6 heteroatoms. The Balaban J connectivity index is 2.22. The number of carbonyl (C=O) groups excluding carboxylic acids is 1. The molecule has 0 atom stereocenters. The Kier molecular flexibility index (Phi) is 2.78. The Labute approximate surface area is 96.4 Å². The van der Waals surface area contributed by atoms with Crippen LogP contribution >= 0.6 is 11.6 Å². The topological polar surface area (TPSA) is 79.3 Å². The van der Waals surface area contributed by atoms with E-state index < -0.39 is 6.09 Å². The fraction of sp³-hybridized carbons (Fsp3) is 0.300. The molecular weight excluding hydrogens is 232 g/mol. The molecule has 0 unspecified atom stereocenters. The van der Waals surface area contributed by atoms with Crippen molar-refractivity contribution >= 4 is 29.2 Å². The monoisotopic (exact) mass is 240 g/mol. The molecule has 0 radical (unpaired) electrons. The first-order chi connectivity index (χ1) is 7.58. The van der Waals surface area contributed by atoms with Gasteiger partial charge in [-0.15, -0.1) is 0 Å². The van der Waals surface area contributed by atoms with E-state index >= 15 is 0 Å². The summed E-state index contributed by atoms with van der Waals surface area (Å²) >= 11 is 5.86. The van der Waals surface area contributed by atoms with Gasteiger partial charge in [0.2, 0.25) is 0 Å².